The molecule has 1 aliphatic rings. The Morgan fingerprint density at radius 3 is 2.66 bits per heavy atom. The van der Waals surface area contributed by atoms with Gasteiger partial charge in [0.2, 0.25) is 15.9 Å². The molecule has 1 saturated heterocycles. The van der Waals surface area contributed by atoms with Crippen LogP contribution in [0.1, 0.15) is 25.3 Å². The van der Waals surface area contributed by atoms with Gasteiger partial charge in [0.15, 0.2) is 0 Å². The van der Waals surface area contributed by atoms with Gasteiger partial charge in [-0.2, -0.15) is 4.31 Å². The quantitative estimate of drug-likeness (QED) is 0.685. The Morgan fingerprint density at radius 2 is 1.97 bits per heavy atom. The molecule has 156 valence electrons. The Bertz CT molecular complexity index is 978. The Hall–Kier alpha value is -1.90. The molecule has 1 N–H and O–H groups in total. The molecule has 0 aromatic heterocycles. The molecular formula is C21H25BrN2O4S. The summed E-state index contributed by atoms with van der Waals surface area (Å²) in [5, 5.41) is 2.96. The third-order valence-corrected chi connectivity index (χ3v) is 7.64. The molecule has 0 aliphatic carbocycles. The maximum Gasteiger partial charge on any atom is 0.243 e. The van der Waals surface area contributed by atoms with Crippen LogP contribution in [0.15, 0.2) is 57.9 Å². The molecule has 0 unspecified atom stereocenters. The molecule has 0 spiro atoms. The second-order valence-electron chi connectivity index (χ2n) is 7.49. The lowest BCUT2D eigenvalue weighted by molar-refractivity contribution is -0.132. The monoisotopic (exact) mass is 480 g/mol. The van der Waals surface area contributed by atoms with Crippen molar-refractivity contribution < 1.29 is 17.9 Å². The third kappa shape index (κ3) is 4.99. The van der Waals surface area contributed by atoms with Gasteiger partial charge in [-0.25, -0.2) is 8.42 Å². The summed E-state index contributed by atoms with van der Waals surface area (Å²) in [5.41, 5.74) is 0.149. The van der Waals surface area contributed by atoms with Crippen LogP contribution in [0.4, 0.5) is 0 Å². The number of nitrogens with zero attached hydrogens (tertiary/aromatic N) is 1. The first kappa shape index (κ1) is 21.8. The topological polar surface area (TPSA) is 75.7 Å². The van der Waals surface area contributed by atoms with Crippen LogP contribution in [0.3, 0.4) is 0 Å². The average Bonchev–Trinajstić information content (AvgIpc) is 2.72. The highest BCUT2D eigenvalue weighted by Crippen LogP contribution is 2.33. The maximum atomic E-state index is 13.0. The van der Waals surface area contributed by atoms with Gasteiger partial charge in [0, 0.05) is 24.1 Å². The molecule has 0 saturated carbocycles. The fourth-order valence-corrected chi connectivity index (χ4v) is 5.38. The summed E-state index contributed by atoms with van der Waals surface area (Å²) in [6.07, 6.45) is 1.28. The number of rotatable bonds is 6. The summed E-state index contributed by atoms with van der Waals surface area (Å²) < 4.78 is 33.5. The summed E-state index contributed by atoms with van der Waals surface area (Å²) in [4.78, 5) is 13.2. The van der Waals surface area contributed by atoms with Gasteiger partial charge < -0.3 is 10.1 Å². The number of piperidine rings is 1. The normalized spacial score (nSPS) is 20.2. The van der Waals surface area contributed by atoms with Crippen molar-refractivity contribution >= 4 is 31.9 Å². The first-order valence-electron chi connectivity index (χ1n) is 9.41. The number of carbonyl (C=O) groups is 1. The summed E-state index contributed by atoms with van der Waals surface area (Å²) in [6.45, 7) is 2.77. The van der Waals surface area contributed by atoms with Gasteiger partial charge in [-0.05, 0) is 61.7 Å². The van der Waals surface area contributed by atoms with Gasteiger partial charge in [0.05, 0.1) is 17.4 Å². The predicted octanol–water partition coefficient (Wildman–Crippen LogP) is 3.56. The number of hydrogen-bond acceptors (Lipinski definition) is 4. The van der Waals surface area contributed by atoms with Crippen LogP contribution >= 0.6 is 15.9 Å². The van der Waals surface area contributed by atoms with E-state index in [4.69, 9.17) is 4.74 Å². The van der Waals surface area contributed by atoms with Gasteiger partial charge in [0.25, 0.3) is 0 Å². The molecule has 1 fully saturated rings. The van der Waals surface area contributed by atoms with Crippen LogP contribution in [0, 0.1) is 5.41 Å². The minimum Gasteiger partial charge on any atom is -0.497 e. The highest BCUT2D eigenvalue weighted by molar-refractivity contribution is 9.10. The van der Waals surface area contributed by atoms with Gasteiger partial charge in [-0.3, -0.25) is 4.79 Å². The molecule has 0 bridgehead atoms. The summed E-state index contributed by atoms with van der Waals surface area (Å²) >= 11 is 3.32. The first-order chi connectivity index (χ1) is 13.7. The van der Waals surface area contributed by atoms with Crippen molar-refractivity contribution in [2.45, 2.75) is 31.2 Å². The standard InChI is InChI=1S/C21H25BrN2O4S/c1-21(20(25)23-14-16-5-3-6-18(13-16)28-2)11-4-12-24(15-21)29(26,27)19-9-7-17(22)8-10-19/h3,5-10,13H,4,11-12,14-15H2,1-2H3,(H,23,25)/t21-/m0/s1. The second-order valence-corrected chi connectivity index (χ2v) is 10.3. The van der Waals surface area contributed by atoms with E-state index >= 15 is 0 Å². The van der Waals surface area contributed by atoms with Crippen LogP contribution in [-0.4, -0.2) is 38.8 Å². The van der Waals surface area contributed by atoms with Gasteiger partial charge in [-0.1, -0.05) is 28.1 Å². The van der Waals surface area contributed by atoms with Crippen molar-refractivity contribution in [3.8, 4) is 5.75 Å². The van der Waals surface area contributed by atoms with Gasteiger partial charge in [0.1, 0.15) is 5.75 Å². The Kier molecular flexibility index (Phi) is 6.65. The second kappa shape index (κ2) is 8.85. The Morgan fingerprint density at radius 1 is 1.24 bits per heavy atom. The van der Waals surface area contributed by atoms with Crippen LogP contribution in [0.5, 0.6) is 5.75 Å². The number of nitrogens with one attached hydrogen (secondary N) is 1. The van der Waals surface area contributed by atoms with E-state index in [1.54, 1.807) is 31.4 Å². The lowest BCUT2D eigenvalue weighted by Crippen LogP contribution is -2.51. The Balaban J connectivity index is 1.70. The molecule has 1 aliphatic heterocycles. The van der Waals surface area contributed by atoms with E-state index in [9.17, 15) is 13.2 Å². The molecule has 3 rings (SSSR count). The van der Waals surface area contributed by atoms with E-state index in [1.165, 1.54) is 4.31 Å². The van der Waals surface area contributed by atoms with Gasteiger partial charge >= 0.3 is 0 Å². The first-order valence-corrected chi connectivity index (χ1v) is 11.6. The number of halogens is 1. The molecule has 1 amide bonds. The van der Waals surface area contributed by atoms with E-state index in [-0.39, 0.29) is 17.3 Å². The van der Waals surface area contributed by atoms with Crippen molar-refractivity contribution in [1.82, 2.24) is 9.62 Å². The van der Waals surface area contributed by atoms with Crippen LogP contribution in [-0.2, 0) is 21.4 Å². The third-order valence-electron chi connectivity index (χ3n) is 5.25. The molecular weight excluding hydrogens is 456 g/mol. The summed E-state index contributed by atoms with van der Waals surface area (Å²) in [5.74, 6) is 0.586. The highest BCUT2D eigenvalue weighted by atomic mass is 79.9. The van der Waals surface area contributed by atoms with Crippen molar-refractivity contribution in [2.24, 2.45) is 5.41 Å². The smallest absolute Gasteiger partial charge is 0.243 e. The SMILES string of the molecule is COc1cccc(CNC(=O)[C@@]2(C)CCCN(S(=O)(=O)c3ccc(Br)cc3)C2)c1. The molecule has 2 aromatic rings. The van der Waals surface area contributed by atoms with Crippen LogP contribution in [0.25, 0.3) is 0 Å². The maximum absolute atomic E-state index is 13.0. The highest BCUT2D eigenvalue weighted by Gasteiger charge is 2.41. The predicted molar refractivity (Wildman–Crippen MR) is 115 cm³/mol. The van der Waals surface area contributed by atoms with E-state index in [0.29, 0.717) is 25.9 Å². The molecule has 8 heteroatoms. The van der Waals surface area contributed by atoms with Crippen molar-refractivity contribution in [2.75, 3.05) is 20.2 Å². The average molecular weight is 481 g/mol. The lowest BCUT2D eigenvalue weighted by Gasteiger charge is -2.38. The number of methoxy groups -OCH3 is 1. The van der Waals surface area contributed by atoms with Gasteiger partial charge in [-0.15, -0.1) is 0 Å². The zero-order valence-corrected chi connectivity index (χ0v) is 18.9. The molecule has 1 heterocycles. The number of carbonyl (C=O) groups excluding carboxylic acids is 1. The van der Waals surface area contributed by atoms with Crippen molar-refractivity contribution in [3.05, 3.63) is 58.6 Å². The van der Waals surface area contributed by atoms with E-state index in [1.807, 2.05) is 31.2 Å². The lowest BCUT2D eigenvalue weighted by atomic mass is 9.82. The summed E-state index contributed by atoms with van der Waals surface area (Å²) in [6, 6.07) is 14.1. The van der Waals surface area contributed by atoms with Crippen molar-refractivity contribution in [3.63, 3.8) is 0 Å². The molecule has 1 atom stereocenters. The van der Waals surface area contributed by atoms with E-state index in [0.717, 1.165) is 15.8 Å². The number of sulfonamides is 1. The molecule has 0 radical (unpaired) electrons. The van der Waals surface area contributed by atoms with Crippen LogP contribution in [0.2, 0.25) is 0 Å². The molecule has 6 nitrogen and oxygen atoms in total. The molecule has 29 heavy (non-hydrogen) atoms. The van der Waals surface area contributed by atoms with E-state index < -0.39 is 15.4 Å². The number of amides is 1. The minimum absolute atomic E-state index is 0.143. The number of benzene rings is 2. The molecule has 2 aromatic carbocycles. The number of hydrogen-bond donors (Lipinski definition) is 1. The fourth-order valence-electron chi connectivity index (χ4n) is 3.52. The summed E-state index contributed by atoms with van der Waals surface area (Å²) in [7, 11) is -2.05. The zero-order chi connectivity index (χ0) is 21.1. The minimum atomic E-state index is -3.64. The number of ether oxygens (including phenoxy) is 1. The van der Waals surface area contributed by atoms with Crippen molar-refractivity contribution in [1.29, 1.82) is 0 Å². The largest absolute Gasteiger partial charge is 0.497 e. The zero-order valence-electron chi connectivity index (χ0n) is 16.5. The fraction of sp³-hybridized carbons (Fsp3) is 0.381. The van der Waals surface area contributed by atoms with E-state index in [2.05, 4.69) is 21.2 Å². The Labute approximate surface area is 180 Å². The van der Waals surface area contributed by atoms with Crippen LogP contribution < -0.4 is 10.1 Å².